The van der Waals surface area contributed by atoms with E-state index < -0.39 is 0 Å². The standard InChI is InChI=1S/C12H17BrN2O/c1-9-2-3-11(10(13)4-9)15-6-12(5-14)7-16-8-12/h2-4,15H,5-8,14H2,1H3. The van der Waals surface area contributed by atoms with Crippen LogP contribution in [0, 0.1) is 12.3 Å². The Morgan fingerprint density at radius 2 is 2.25 bits per heavy atom. The van der Waals surface area contributed by atoms with Gasteiger partial charge in [0.05, 0.1) is 13.2 Å². The summed E-state index contributed by atoms with van der Waals surface area (Å²) in [5.41, 5.74) is 8.26. The van der Waals surface area contributed by atoms with Crippen LogP contribution >= 0.6 is 15.9 Å². The molecule has 0 spiro atoms. The molecule has 1 fully saturated rings. The van der Waals surface area contributed by atoms with E-state index in [1.165, 1.54) is 5.56 Å². The molecule has 1 saturated heterocycles. The lowest BCUT2D eigenvalue weighted by Crippen LogP contribution is -2.52. The summed E-state index contributed by atoms with van der Waals surface area (Å²) >= 11 is 3.55. The van der Waals surface area contributed by atoms with E-state index in [0.29, 0.717) is 6.54 Å². The second-order valence-electron chi connectivity index (χ2n) is 4.53. The first-order valence-corrected chi connectivity index (χ1v) is 6.22. The first-order chi connectivity index (χ1) is 7.65. The van der Waals surface area contributed by atoms with E-state index in [1.807, 2.05) is 0 Å². The highest BCUT2D eigenvalue weighted by Gasteiger charge is 2.37. The Balaban J connectivity index is 1.99. The molecule has 1 aliphatic heterocycles. The number of rotatable bonds is 4. The average molecular weight is 285 g/mol. The highest BCUT2D eigenvalue weighted by molar-refractivity contribution is 9.10. The van der Waals surface area contributed by atoms with E-state index in [-0.39, 0.29) is 5.41 Å². The molecule has 0 saturated carbocycles. The van der Waals surface area contributed by atoms with Gasteiger partial charge in [-0.25, -0.2) is 0 Å². The maximum atomic E-state index is 5.76. The van der Waals surface area contributed by atoms with Crippen LogP contribution in [0.2, 0.25) is 0 Å². The fraction of sp³-hybridized carbons (Fsp3) is 0.500. The summed E-state index contributed by atoms with van der Waals surface area (Å²) in [5, 5.41) is 3.43. The molecule has 1 aliphatic rings. The molecule has 3 N–H and O–H groups in total. The van der Waals surface area contributed by atoms with Crippen molar-refractivity contribution in [3.05, 3.63) is 28.2 Å². The van der Waals surface area contributed by atoms with Crippen LogP contribution in [0.25, 0.3) is 0 Å². The van der Waals surface area contributed by atoms with Crippen molar-refractivity contribution < 1.29 is 4.74 Å². The van der Waals surface area contributed by atoms with E-state index in [2.05, 4.69) is 46.4 Å². The van der Waals surface area contributed by atoms with Crippen molar-refractivity contribution in [1.82, 2.24) is 0 Å². The lowest BCUT2D eigenvalue weighted by atomic mass is 9.86. The monoisotopic (exact) mass is 284 g/mol. The second-order valence-corrected chi connectivity index (χ2v) is 5.39. The maximum Gasteiger partial charge on any atom is 0.0574 e. The topological polar surface area (TPSA) is 47.3 Å². The van der Waals surface area contributed by atoms with E-state index >= 15 is 0 Å². The third-order valence-electron chi connectivity index (χ3n) is 3.03. The minimum Gasteiger partial charge on any atom is -0.383 e. The third-order valence-corrected chi connectivity index (χ3v) is 3.68. The van der Waals surface area contributed by atoms with Gasteiger partial charge in [0, 0.05) is 28.7 Å². The van der Waals surface area contributed by atoms with Crippen molar-refractivity contribution in [1.29, 1.82) is 0 Å². The number of hydrogen-bond donors (Lipinski definition) is 2. The van der Waals surface area contributed by atoms with Crippen LogP contribution in [-0.2, 0) is 4.74 Å². The van der Waals surface area contributed by atoms with Gasteiger partial charge in [0.25, 0.3) is 0 Å². The highest BCUT2D eigenvalue weighted by atomic mass is 79.9. The molecule has 1 aromatic carbocycles. The largest absolute Gasteiger partial charge is 0.383 e. The molecule has 2 rings (SSSR count). The zero-order chi connectivity index (χ0) is 11.6. The Hall–Kier alpha value is -0.580. The Kier molecular flexibility index (Phi) is 3.52. The van der Waals surface area contributed by atoms with Crippen LogP contribution in [0.3, 0.4) is 0 Å². The highest BCUT2D eigenvalue weighted by Crippen LogP contribution is 2.29. The zero-order valence-corrected chi connectivity index (χ0v) is 11.0. The van der Waals surface area contributed by atoms with E-state index in [1.54, 1.807) is 0 Å². The van der Waals surface area contributed by atoms with Gasteiger partial charge in [-0.05, 0) is 40.5 Å². The van der Waals surface area contributed by atoms with Crippen molar-refractivity contribution >= 4 is 21.6 Å². The van der Waals surface area contributed by atoms with Gasteiger partial charge >= 0.3 is 0 Å². The number of halogens is 1. The van der Waals surface area contributed by atoms with Crippen molar-refractivity contribution in [3.8, 4) is 0 Å². The average Bonchev–Trinajstić information content (AvgIpc) is 2.19. The molecule has 0 unspecified atom stereocenters. The molecule has 1 heterocycles. The zero-order valence-electron chi connectivity index (χ0n) is 9.42. The minimum absolute atomic E-state index is 0.129. The normalized spacial score (nSPS) is 17.9. The van der Waals surface area contributed by atoms with Crippen molar-refractivity contribution in [2.45, 2.75) is 6.92 Å². The number of hydrogen-bond acceptors (Lipinski definition) is 3. The van der Waals surface area contributed by atoms with Crippen molar-refractivity contribution in [3.63, 3.8) is 0 Å². The fourth-order valence-electron chi connectivity index (χ4n) is 1.73. The van der Waals surface area contributed by atoms with Crippen LogP contribution < -0.4 is 11.1 Å². The third kappa shape index (κ3) is 2.39. The minimum atomic E-state index is 0.129. The van der Waals surface area contributed by atoms with Gasteiger partial charge in [0.15, 0.2) is 0 Å². The first-order valence-electron chi connectivity index (χ1n) is 5.43. The molecular weight excluding hydrogens is 268 g/mol. The quantitative estimate of drug-likeness (QED) is 0.891. The number of ether oxygens (including phenoxy) is 1. The lowest BCUT2D eigenvalue weighted by Gasteiger charge is -2.40. The van der Waals surface area contributed by atoms with Crippen LogP contribution in [0.15, 0.2) is 22.7 Å². The molecule has 4 heteroatoms. The van der Waals surface area contributed by atoms with E-state index in [0.717, 1.165) is 29.9 Å². The summed E-state index contributed by atoms with van der Waals surface area (Å²) in [4.78, 5) is 0. The molecule has 0 amide bonds. The van der Waals surface area contributed by atoms with Gasteiger partial charge in [-0.2, -0.15) is 0 Å². The van der Waals surface area contributed by atoms with Gasteiger partial charge in [-0.3, -0.25) is 0 Å². The van der Waals surface area contributed by atoms with Crippen LogP contribution in [0.5, 0.6) is 0 Å². The molecule has 1 aromatic rings. The van der Waals surface area contributed by atoms with Gasteiger partial charge in [-0.1, -0.05) is 6.07 Å². The summed E-state index contributed by atoms with van der Waals surface area (Å²) < 4.78 is 6.33. The Morgan fingerprint density at radius 3 is 2.75 bits per heavy atom. The number of nitrogens with two attached hydrogens (primary N) is 1. The summed E-state index contributed by atoms with van der Waals surface area (Å²) in [7, 11) is 0. The Bertz CT molecular complexity index is 372. The van der Waals surface area contributed by atoms with E-state index in [4.69, 9.17) is 10.5 Å². The molecule has 0 aliphatic carbocycles. The Morgan fingerprint density at radius 1 is 1.50 bits per heavy atom. The Labute approximate surface area is 104 Å². The number of aryl methyl sites for hydroxylation is 1. The summed E-state index contributed by atoms with van der Waals surface area (Å²) in [6, 6.07) is 6.29. The van der Waals surface area contributed by atoms with Gasteiger partial charge in [-0.15, -0.1) is 0 Å². The fourth-order valence-corrected chi connectivity index (χ4v) is 2.36. The van der Waals surface area contributed by atoms with Gasteiger partial charge < -0.3 is 15.8 Å². The number of anilines is 1. The summed E-state index contributed by atoms with van der Waals surface area (Å²) in [5.74, 6) is 0. The van der Waals surface area contributed by atoms with Crippen molar-refractivity contribution in [2.75, 3.05) is 31.6 Å². The predicted octanol–water partition coefficient (Wildman–Crippen LogP) is 2.14. The predicted molar refractivity (Wildman–Crippen MR) is 69.7 cm³/mol. The molecule has 88 valence electrons. The molecule has 16 heavy (non-hydrogen) atoms. The lowest BCUT2D eigenvalue weighted by molar-refractivity contribution is -0.0979. The number of nitrogens with one attached hydrogen (secondary N) is 1. The molecule has 0 aromatic heterocycles. The summed E-state index contributed by atoms with van der Waals surface area (Å²) in [6.07, 6.45) is 0. The van der Waals surface area contributed by atoms with Crippen LogP contribution in [0.4, 0.5) is 5.69 Å². The van der Waals surface area contributed by atoms with E-state index in [9.17, 15) is 0 Å². The van der Waals surface area contributed by atoms with Gasteiger partial charge in [0.2, 0.25) is 0 Å². The molecule has 0 atom stereocenters. The number of benzene rings is 1. The molecule has 0 radical (unpaired) electrons. The van der Waals surface area contributed by atoms with Gasteiger partial charge in [0.1, 0.15) is 0 Å². The molecule has 3 nitrogen and oxygen atoms in total. The molecule has 0 bridgehead atoms. The second kappa shape index (κ2) is 4.73. The SMILES string of the molecule is Cc1ccc(NCC2(CN)COC2)c(Br)c1. The van der Waals surface area contributed by atoms with Crippen molar-refractivity contribution in [2.24, 2.45) is 11.1 Å². The first kappa shape index (κ1) is 11.9. The summed E-state index contributed by atoms with van der Waals surface area (Å²) in [6.45, 7) is 5.14. The smallest absolute Gasteiger partial charge is 0.0574 e. The maximum absolute atomic E-state index is 5.76. The molecular formula is C12H17BrN2O. The van der Waals surface area contributed by atoms with Crippen LogP contribution in [0.1, 0.15) is 5.56 Å². The van der Waals surface area contributed by atoms with Crippen LogP contribution in [-0.4, -0.2) is 26.3 Å².